The van der Waals surface area contributed by atoms with Crippen LogP contribution in [0.4, 0.5) is 0 Å². The molecule has 7 heteroatoms. The maximum atomic E-state index is 11.8. The summed E-state index contributed by atoms with van der Waals surface area (Å²) in [6, 6.07) is 7.49. The lowest BCUT2D eigenvalue weighted by molar-refractivity contribution is -0.116. The van der Waals surface area contributed by atoms with Crippen molar-refractivity contribution < 1.29 is 13.2 Å². The van der Waals surface area contributed by atoms with Gasteiger partial charge in [0.2, 0.25) is 5.91 Å². The van der Waals surface area contributed by atoms with Crippen LogP contribution in [0.25, 0.3) is 16.3 Å². The number of hydrogen-bond acceptors (Lipinski definition) is 5. The molecule has 0 aliphatic carbocycles. The summed E-state index contributed by atoms with van der Waals surface area (Å²) < 4.78 is 23.7. The minimum atomic E-state index is -2.97. The molecule has 1 saturated heterocycles. The maximum Gasteiger partial charge on any atom is 0.244 e. The Morgan fingerprint density at radius 3 is 2.90 bits per heavy atom. The Morgan fingerprint density at radius 1 is 1.38 bits per heavy atom. The largest absolute Gasteiger partial charge is 0.349 e. The molecule has 0 radical (unpaired) electrons. The molecule has 1 atom stereocenters. The smallest absolute Gasteiger partial charge is 0.244 e. The molecule has 1 aliphatic rings. The van der Waals surface area contributed by atoms with Crippen molar-refractivity contribution in [1.82, 2.24) is 10.3 Å². The lowest BCUT2D eigenvalue weighted by Crippen LogP contribution is -2.34. The van der Waals surface area contributed by atoms with E-state index in [1.807, 2.05) is 24.3 Å². The van der Waals surface area contributed by atoms with Crippen LogP contribution in [0, 0.1) is 0 Å². The Morgan fingerprint density at radius 2 is 2.19 bits per heavy atom. The molecule has 1 N–H and O–H groups in total. The quantitative estimate of drug-likeness (QED) is 0.871. The number of aromatic nitrogens is 1. The standard InChI is InChI=1S/C14H14N2O3S2/c17-13(15-10-7-8-21(18,19)9-10)5-6-14-16-11-3-1-2-4-12(11)20-14/h1-6,10H,7-9H2,(H,15,17). The molecule has 1 aliphatic heterocycles. The van der Waals surface area contributed by atoms with Crippen molar-refractivity contribution in [3.8, 4) is 0 Å². The highest BCUT2D eigenvalue weighted by atomic mass is 32.2. The predicted molar refractivity (Wildman–Crippen MR) is 83.9 cm³/mol. The van der Waals surface area contributed by atoms with Gasteiger partial charge < -0.3 is 5.32 Å². The molecule has 1 fully saturated rings. The summed E-state index contributed by atoms with van der Waals surface area (Å²) in [5.74, 6) is -0.0934. The van der Waals surface area contributed by atoms with Gasteiger partial charge in [-0.05, 0) is 24.6 Å². The number of fused-ring (bicyclic) bond motifs is 1. The Hall–Kier alpha value is -1.73. The van der Waals surface area contributed by atoms with E-state index in [2.05, 4.69) is 10.3 Å². The molecule has 1 aromatic carbocycles. The topological polar surface area (TPSA) is 76.1 Å². The summed E-state index contributed by atoms with van der Waals surface area (Å²) in [4.78, 5) is 16.2. The SMILES string of the molecule is O=C(C=Cc1nc2ccccc2s1)NC1CCS(=O)(=O)C1. The molecule has 0 spiro atoms. The number of hydrogen-bond donors (Lipinski definition) is 1. The van der Waals surface area contributed by atoms with Crippen molar-refractivity contribution in [3.63, 3.8) is 0 Å². The van der Waals surface area contributed by atoms with Crippen LogP contribution in [-0.2, 0) is 14.6 Å². The first-order valence-electron chi connectivity index (χ1n) is 6.56. The van der Waals surface area contributed by atoms with Crippen LogP contribution in [0.2, 0.25) is 0 Å². The highest BCUT2D eigenvalue weighted by molar-refractivity contribution is 7.91. The van der Waals surface area contributed by atoms with Gasteiger partial charge in [0.1, 0.15) is 5.01 Å². The lowest BCUT2D eigenvalue weighted by Gasteiger charge is -2.07. The molecule has 2 aromatic rings. The van der Waals surface area contributed by atoms with Crippen molar-refractivity contribution >= 4 is 43.4 Å². The van der Waals surface area contributed by atoms with Gasteiger partial charge >= 0.3 is 0 Å². The number of nitrogens with one attached hydrogen (secondary N) is 1. The highest BCUT2D eigenvalue weighted by Gasteiger charge is 2.28. The second-order valence-electron chi connectivity index (χ2n) is 4.96. The van der Waals surface area contributed by atoms with Crippen LogP contribution in [0.5, 0.6) is 0 Å². The Bertz CT molecular complexity index is 775. The van der Waals surface area contributed by atoms with Crippen molar-refractivity contribution in [3.05, 3.63) is 35.3 Å². The van der Waals surface area contributed by atoms with Crippen LogP contribution in [-0.4, -0.2) is 36.9 Å². The summed E-state index contributed by atoms with van der Waals surface area (Å²) in [5.41, 5.74) is 0.907. The number of benzene rings is 1. The average molecular weight is 322 g/mol. The van der Waals surface area contributed by atoms with Crippen molar-refractivity contribution in [1.29, 1.82) is 0 Å². The second kappa shape index (κ2) is 5.57. The number of carbonyl (C=O) groups excluding carboxylic acids is 1. The van der Waals surface area contributed by atoms with E-state index in [0.717, 1.165) is 15.2 Å². The van der Waals surface area contributed by atoms with Gasteiger partial charge in [-0.1, -0.05) is 12.1 Å². The minimum absolute atomic E-state index is 0.0354. The number of carbonyl (C=O) groups is 1. The Balaban J connectivity index is 1.64. The fourth-order valence-corrected chi connectivity index (χ4v) is 4.81. The minimum Gasteiger partial charge on any atom is -0.349 e. The lowest BCUT2D eigenvalue weighted by atomic mass is 10.2. The fourth-order valence-electron chi connectivity index (χ4n) is 2.27. The number of amides is 1. The van der Waals surface area contributed by atoms with E-state index in [4.69, 9.17) is 0 Å². The van der Waals surface area contributed by atoms with Crippen LogP contribution < -0.4 is 5.32 Å². The number of thiazole rings is 1. The summed E-state index contributed by atoms with van der Waals surface area (Å²) >= 11 is 1.51. The monoisotopic (exact) mass is 322 g/mol. The van der Waals surface area contributed by atoms with Gasteiger partial charge in [0.25, 0.3) is 0 Å². The summed E-state index contributed by atoms with van der Waals surface area (Å²) in [7, 11) is -2.97. The van der Waals surface area contributed by atoms with Crippen LogP contribution in [0.3, 0.4) is 0 Å². The maximum absolute atomic E-state index is 11.8. The van der Waals surface area contributed by atoms with Gasteiger partial charge in [-0.3, -0.25) is 4.79 Å². The van der Waals surface area contributed by atoms with Crippen molar-refractivity contribution in [2.24, 2.45) is 0 Å². The van der Waals surface area contributed by atoms with Gasteiger partial charge in [0.05, 0.1) is 21.7 Å². The van der Waals surface area contributed by atoms with E-state index in [-0.39, 0.29) is 23.5 Å². The number of nitrogens with zero attached hydrogens (tertiary/aromatic N) is 1. The third-order valence-electron chi connectivity index (χ3n) is 3.27. The zero-order valence-corrected chi connectivity index (χ0v) is 12.8. The molecular formula is C14H14N2O3S2. The fraction of sp³-hybridized carbons (Fsp3) is 0.286. The molecular weight excluding hydrogens is 308 g/mol. The van der Waals surface area contributed by atoms with E-state index < -0.39 is 9.84 Å². The Kier molecular flexibility index (Phi) is 3.77. The molecule has 0 bridgehead atoms. The first kappa shape index (κ1) is 14.2. The summed E-state index contributed by atoms with van der Waals surface area (Å²) in [6.45, 7) is 0. The van der Waals surface area contributed by atoms with E-state index >= 15 is 0 Å². The molecule has 2 heterocycles. The zero-order chi connectivity index (χ0) is 14.9. The molecule has 21 heavy (non-hydrogen) atoms. The third-order valence-corrected chi connectivity index (χ3v) is 6.04. The zero-order valence-electron chi connectivity index (χ0n) is 11.2. The molecule has 0 saturated carbocycles. The van der Waals surface area contributed by atoms with Crippen LogP contribution in [0.15, 0.2) is 30.3 Å². The van der Waals surface area contributed by atoms with Gasteiger partial charge in [-0.25, -0.2) is 13.4 Å². The van der Waals surface area contributed by atoms with Gasteiger partial charge in [-0.15, -0.1) is 11.3 Å². The predicted octanol–water partition coefficient (Wildman–Crippen LogP) is 1.61. The van der Waals surface area contributed by atoms with Gasteiger partial charge in [0.15, 0.2) is 9.84 Å². The summed E-state index contributed by atoms with van der Waals surface area (Å²) in [5, 5.41) is 3.47. The normalized spacial score (nSPS) is 21.0. The van der Waals surface area contributed by atoms with E-state index in [1.165, 1.54) is 17.4 Å². The molecule has 3 rings (SSSR count). The van der Waals surface area contributed by atoms with Crippen molar-refractivity contribution in [2.75, 3.05) is 11.5 Å². The molecule has 1 unspecified atom stereocenters. The first-order chi connectivity index (χ1) is 10.0. The molecule has 1 amide bonds. The van der Waals surface area contributed by atoms with Crippen LogP contribution >= 0.6 is 11.3 Å². The third kappa shape index (κ3) is 3.48. The van der Waals surface area contributed by atoms with E-state index in [9.17, 15) is 13.2 Å². The number of para-hydroxylation sites is 1. The molecule has 110 valence electrons. The number of sulfone groups is 1. The van der Waals surface area contributed by atoms with Gasteiger partial charge in [0, 0.05) is 12.1 Å². The first-order valence-corrected chi connectivity index (χ1v) is 9.20. The highest BCUT2D eigenvalue weighted by Crippen LogP contribution is 2.22. The average Bonchev–Trinajstić information content (AvgIpc) is 2.99. The van der Waals surface area contributed by atoms with Crippen LogP contribution in [0.1, 0.15) is 11.4 Å². The number of rotatable bonds is 3. The molecule has 1 aromatic heterocycles. The Labute approximate surface area is 126 Å². The van der Waals surface area contributed by atoms with E-state index in [1.54, 1.807) is 6.08 Å². The molecule has 5 nitrogen and oxygen atoms in total. The summed E-state index contributed by atoms with van der Waals surface area (Å²) in [6.07, 6.45) is 3.55. The van der Waals surface area contributed by atoms with Crippen molar-refractivity contribution in [2.45, 2.75) is 12.5 Å². The second-order valence-corrected chi connectivity index (χ2v) is 8.25. The van der Waals surface area contributed by atoms with E-state index in [0.29, 0.717) is 6.42 Å². The van der Waals surface area contributed by atoms with Gasteiger partial charge in [-0.2, -0.15) is 0 Å².